The van der Waals surface area contributed by atoms with E-state index in [1.165, 1.54) is 0 Å². The van der Waals surface area contributed by atoms with Gasteiger partial charge >= 0.3 is 0 Å². The van der Waals surface area contributed by atoms with Crippen LogP contribution in [0.1, 0.15) is 11.7 Å². The van der Waals surface area contributed by atoms with E-state index in [0.717, 1.165) is 10.0 Å². The fraction of sp³-hybridized carbons (Fsp3) is 0.375. The summed E-state index contributed by atoms with van der Waals surface area (Å²) in [5, 5.41) is 0. The highest BCUT2D eigenvalue weighted by atomic mass is 79.9. The van der Waals surface area contributed by atoms with E-state index in [4.69, 9.17) is 18.9 Å². The van der Waals surface area contributed by atoms with Gasteiger partial charge < -0.3 is 18.9 Å². The van der Waals surface area contributed by atoms with Crippen molar-refractivity contribution < 1.29 is 18.9 Å². The predicted molar refractivity (Wildman–Crippen MR) is 81.9 cm³/mol. The summed E-state index contributed by atoms with van der Waals surface area (Å²) in [6, 6.07) is 9.98. The zero-order chi connectivity index (χ0) is 14.9. The number of methoxy groups -OCH3 is 2. The van der Waals surface area contributed by atoms with Crippen LogP contribution in [-0.4, -0.2) is 32.4 Å². The van der Waals surface area contributed by atoms with Crippen molar-refractivity contribution in [2.75, 3.05) is 20.8 Å². The first kappa shape index (κ1) is 14.9. The fourth-order valence-electron chi connectivity index (χ4n) is 2.71. The van der Waals surface area contributed by atoms with E-state index < -0.39 is 11.6 Å². The number of hydrogen-bond acceptors (Lipinski definition) is 4. The van der Waals surface area contributed by atoms with Crippen LogP contribution >= 0.6 is 15.9 Å². The summed E-state index contributed by atoms with van der Waals surface area (Å²) in [6.45, 7) is 0.434. The molecule has 0 bridgehead atoms. The van der Waals surface area contributed by atoms with Crippen LogP contribution in [0.25, 0.3) is 0 Å². The Morgan fingerprint density at radius 1 is 1.19 bits per heavy atom. The first-order valence-electron chi connectivity index (χ1n) is 6.69. The lowest BCUT2D eigenvalue weighted by molar-refractivity contribution is -0.328. The Balaban J connectivity index is 1.95. The molecule has 2 atom stereocenters. The third kappa shape index (κ3) is 2.39. The highest BCUT2D eigenvalue weighted by molar-refractivity contribution is 9.11. The van der Waals surface area contributed by atoms with Gasteiger partial charge in [0, 0.05) is 18.7 Å². The van der Waals surface area contributed by atoms with E-state index >= 15 is 0 Å². The van der Waals surface area contributed by atoms with Crippen LogP contribution in [0.15, 0.2) is 53.0 Å². The van der Waals surface area contributed by atoms with E-state index in [9.17, 15) is 0 Å². The van der Waals surface area contributed by atoms with Gasteiger partial charge in [0.05, 0.1) is 6.61 Å². The monoisotopic (exact) mass is 352 g/mol. The summed E-state index contributed by atoms with van der Waals surface area (Å²) >= 11 is 3.46. The SMILES string of the molecule is COC1(OC)C=CC(Br)=C[C@]12OC[C@H](c1ccccc1)O2. The van der Waals surface area contributed by atoms with Crippen LogP contribution in [0.4, 0.5) is 0 Å². The largest absolute Gasteiger partial charge is 0.345 e. The summed E-state index contributed by atoms with van der Waals surface area (Å²) < 4.78 is 24.2. The molecular formula is C16H17BrO4. The summed E-state index contributed by atoms with van der Waals surface area (Å²) in [6.07, 6.45) is 5.33. The van der Waals surface area contributed by atoms with Crippen molar-refractivity contribution in [1.82, 2.24) is 0 Å². The van der Waals surface area contributed by atoms with Crippen molar-refractivity contribution >= 4 is 15.9 Å². The molecule has 1 spiro atoms. The number of benzene rings is 1. The van der Waals surface area contributed by atoms with Crippen LogP contribution in [0.2, 0.25) is 0 Å². The summed E-state index contributed by atoms with van der Waals surface area (Å²) in [4.78, 5) is 0. The molecule has 0 unspecified atom stereocenters. The van der Waals surface area contributed by atoms with E-state index in [2.05, 4.69) is 15.9 Å². The smallest absolute Gasteiger partial charge is 0.250 e. The van der Waals surface area contributed by atoms with Gasteiger partial charge in [0.2, 0.25) is 11.6 Å². The van der Waals surface area contributed by atoms with E-state index in [0.29, 0.717) is 6.61 Å². The molecule has 1 aliphatic heterocycles. The molecule has 21 heavy (non-hydrogen) atoms. The predicted octanol–water partition coefficient (Wildman–Crippen LogP) is 3.31. The maximum atomic E-state index is 6.21. The highest BCUT2D eigenvalue weighted by Crippen LogP contribution is 2.47. The van der Waals surface area contributed by atoms with Crippen molar-refractivity contribution in [2.24, 2.45) is 0 Å². The lowest BCUT2D eigenvalue weighted by Gasteiger charge is -2.42. The minimum absolute atomic E-state index is 0.168. The normalized spacial score (nSPS) is 30.6. The molecule has 3 rings (SSSR count). The van der Waals surface area contributed by atoms with Gasteiger partial charge in [0.25, 0.3) is 0 Å². The molecule has 0 saturated carbocycles. The lowest BCUT2D eigenvalue weighted by atomic mass is 9.99. The third-order valence-electron chi connectivity index (χ3n) is 3.82. The third-order valence-corrected chi connectivity index (χ3v) is 4.31. The average molecular weight is 353 g/mol. The average Bonchev–Trinajstić information content (AvgIpc) is 2.94. The number of halogens is 1. The second-order valence-electron chi connectivity index (χ2n) is 4.93. The Morgan fingerprint density at radius 3 is 2.57 bits per heavy atom. The lowest BCUT2D eigenvalue weighted by Crippen LogP contribution is -2.56. The number of rotatable bonds is 3. The van der Waals surface area contributed by atoms with Crippen molar-refractivity contribution in [3.8, 4) is 0 Å². The molecule has 4 nitrogen and oxygen atoms in total. The van der Waals surface area contributed by atoms with Crippen LogP contribution in [0, 0.1) is 0 Å². The molecule has 5 heteroatoms. The molecule has 1 aromatic carbocycles. The second kappa shape index (κ2) is 5.66. The number of hydrogen-bond donors (Lipinski definition) is 0. The molecule has 0 amide bonds. The molecule has 1 heterocycles. The van der Waals surface area contributed by atoms with Crippen molar-refractivity contribution in [2.45, 2.75) is 17.7 Å². The quantitative estimate of drug-likeness (QED) is 0.782. The Labute approximate surface area is 132 Å². The Morgan fingerprint density at radius 2 is 1.90 bits per heavy atom. The van der Waals surface area contributed by atoms with Gasteiger partial charge in [-0.2, -0.15) is 0 Å². The van der Waals surface area contributed by atoms with Gasteiger partial charge in [-0.15, -0.1) is 0 Å². The van der Waals surface area contributed by atoms with Gasteiger partial charge in [0.1, 0.15) is 6.10 Å². The Bertz CT molecular complexity index is 565. The van der Waals surface area contributed by atoms with Gasteiger partial charge in [-0.25, -0.2) is 0 Å². The van der Waals surface area contributed by atoms with E-state index in [-0.39, 0.29) is 6.10 Å². The minimum Gasteiger partial charge on any atom is -0.345 e. The van der Waals surface area contributed by atoms with Crippen LogP contribution in [0.5, 0.6) is 0 Å². The van der Waals surface area contributed by atoms with Gasteiger partial charge in [-0.1, -0.05) is 46.3 Å². The maximum Gasteiger partial charge on any atom is 0.250 e. The standard InChI is InChI=1S/C16H17BrO4/c1-18-15(19-2)9-8-13(17)10-16(15)20-11-14(21-16)12-6-4-3-5-7-12/h3-10,14H,11H2,1-2H3/t14-,16-/m1/s1. The van der Waals surface area contributed by atoms with Crippen LogP contribution < -0.4 is 0 Å². The van der Waals surface area contributed by atoms with E-state index in [1.54, 1.807) is 20.3 Å². The molecule has 0 radical (unpaired) electrons. The topological polar surface area (TPSA) is 36.9 Å². The molecular weight excluding hydrogens is 336 g/mol. The fourth-order valence-corrected chi connectivity index (χ4v) is 3.14. The molecule has 112 valence electrons. The molecule has 1 saturated heterocycles. The van der Waals surface area contributed by atoms with Crippen molar-refractivity contribution in [1.29, 1.82) is 0 Å². The first-order chi connectivity index (χ1) is 10.1. The zero-order valence-corrected chi connectivity index (χ0v) is 13.5. The van der Waals surface area contributed by atoms with Crippen molar-refractivity contribution in [3.05, 3.63) is 58.6 Å². The Kier molecular flexibility index (Phi) is 4.03. The molecule has 1 fully saturated rings. The van der Waals surface area contributed by atoms with Gasteiger partial charge in [-0.05, 0) is 23.8 Å². The minimum atomic E-state index is -1.11. The Hall–Kier alpha value is -0.980. The molecule has 0 N–H and O–H groups in total. The molecule has 1 aromatic rings. The first-order valence-corrected chi connectivity index (χ1v) is 7.48. The van der Waals surface area contributed by atoms with E-state index in [1.807, 2.05) is 42.5 Å². The van der Waals surface area contributed by atoms with Gasteiger partial charge in [-0.3, -0.25) is 0 Å². The maximum absolute atomic E-state index is 6.21. The summed E-state index contributed by atoms with van der Waals surface area (Å²) in [5.74, 6) is -2.21. The van der Waals surface area contributed by atoms with Crippen molar-refractivity contribution in [3.63, 3.8) is 0 Å². The number of ether oxygens (including phenoxy) is 4. The summed E-state index contributed by atoms with van der Waals surface area (Å²) in [7, 11) is 3.15. The summed E-state index contributed by atoms with van der Waals surface area (Å²) in [5.41, 5.74) is 1.06. The highest BCUT2D eigenvalue weighted by Gasteiger charge is 2.59. The van der Waals surface area contributed by atoms with Crippen LogP contribution in [-0.2, 0) is 18.9 Å². The second-order valence-corrected chi connectivity index (χ2v) is 5.85. The van der Waals surface area contributed by atoms with Gasteiger partial charge in [0.15, 0.2) is 0 Å². The molecule has 0 aromatic heterocycles. The molecule has 2 aliphatic rings. The molecule has 1 aliphatic carbocycles. The van der Waals surface area contributed by atoms with Crippen LogP contribution in [0.3, 0.4) is 0 Å². The number of allylic oxidation sites excluding steroid dienone is 2. The zero-order valence-electron chi connectivity index (χ0n) is 11.9.